The topological polar surface area (TPSA) is 67.9 Å². The first-order valence-electron chi connectivity index (χ1n) is 7.26. The second-order valence-corrected chi connectivity index (χ2v) is 6.12. The van der Waals surface area contributed by atoms with E-state index < -0.39 is 0 Å². The van der Waals surface area contributed by atoms with E-state index in [9.17, 15) is 9.59 Å². The van der Waals surface area contributed by atoms with Crippen molar-refractivity contribution in [1.29, 1.82) is 0 Å². The Bertz CT molecular complexity index is 794. The quantitative estimate of drug-likeness (QED) is 0.870. The summed E-state index contributed by atoms with van der Waals surface area (Å²) in [5.41, 5.74) is 1.24. The van der Waals surface area contributed by atoms with Crippen LogP contribution in [0, 0.1) is 0 Å². The fraction of sp³-hybridized carbons (Fsp3) is 0.176. The Balaban J connectivity index is 1.74. The number of carbonyl (C=O) groups excluding carboxylic acids is 2. The van der Waals surface area contributed by atoms with E-state index in [4.69, 9.17) is 9.47 Å². The average Bonchev–Trinajstić information content (AvgIpc) is 2.99. The van der Waals surface area contributed by atoms with Crippen LogP contribution in [0.25, 0.3) is 0 Å². The van der Waals surface area contributed by atoms with E-state index in [0.717, 1.165) is 4.47 Å². The molecule has 0 bridgehead atoms. The predicted molar refractivity (Wildman–Crippen MR) is 93.4 cm³/mol. The van der Waals surface area contributed by atoms with Gasteiger partial charge in [0.15, 0.2) is 11.5 Å². The van der Waals surface area contributed by atoms with Gasteiger partial charge in [-0.15, -0.1) is 0 Å². The van der Waals surface area contributed by atoms with Crippen molar-refractivity contribution in [2.45, 2.75) is 6.92 Å². The summed E-state index contributed by atoms with van der Waals surface area (Å²) < 4.78 is 11.4. The van der Waals surface area contributed by atoms with Crippen molar-refractivity contribution in [3.8, 4) is 11.5 Å². The molecular formula is C17H15BrN2O4. The molecule has 0 saturated carbocycles. The Morgan fingerprint density at radius 1 is 1.17 bits per heavy atom. The summed E-state index contributed by atoms with van der Waals surface area (Å²) in [7, 11) is 0. The molecule has 2 aromatic rings. The van der Waals surface area contributed by atoms with E-state index in [-0.39, 0.29) is 25.2 Å². The summed E-state index contributed by atoms with van der Waals surface area (Å²) in [5, 5.41) is 2.77. The standard InChI is InChI=1S/C17H15BrN2O4/c1-11(21)20(14-5-6-15-16(8-14)24-10-23-15)9-17(22)19-13-4-2-3-12(18)7-13/h2-8H,9-10H2,1H3,(H,19,22). The normalized spacial score (nSPS) is 11.9. The van der Waals surface area contributed by atoms with Crippen LogP contribution in [0.4, 0.5) is 11.4 Å². The van der Waals surface area contributed by atoms with Crippen molar-refractivity contribution in [2.75, 3.05) is 23.6 Å². The molecular weight excluding hydrogens is 376 g/mol. The number of hydrogen-bond donors (Lipinski definition) is 1. The number of halogens is 1. The van der Waals surface area contributed by atoms with E-state index in [1.807, 2.05) is 12.1 Å². The Morgan fingerprint density at radius 3 is 2.71 bits per heavy atom. The molecule has 0 fully saturated rings. The summed E-state index contributed by atoms with van der Waals surface area (Å²) in [6, 6.07) is 12.4. The molecule has 0 unspecified atom stereocenters. The van der Waals surface area contributed by atoms with Gasteiger partial charge in [0.1, 0.15) is 6.54 Å². The Kier molecular flexibility index (Phi) is 4.71. The number of ether oxygens (including phenoxy) is 2. The fourth-order valence-corrected chi connectivity index (χ4v) is 2.75. The summed E-state index contributed by atoms with van der Waals surface area (Å²) in [5.74, 6) is 0.659. The van der Waals surface area contributed by atoms with Crippen molar-refractivity contribution in [1.82, 2.24) is 0 Å². The molecule has 0 radical (unpaired) electrons. The van der Waals surface area contributed by atoms with Crippen LogP contribution in [0.3, 0.4) is 0 Å². The number of nitrogens with one attached hydrogen (secondary N) is 1. The molecule has 6 nitrogen and oxygen atoms in total. The van der Waals surface area contributed by atoms with Crippen molar-refractivity contribution in [3.63, 3.8) is 0 Å². The van der Waals surface area contributed by atoms with Gasteiger partial charge in [0, 0.05) is 28.8 Å². The minimum absolute atomic E-state index is 0.0957. The molecule has 1 N–H and O–H groups in total. The van der Waals surface area contributed by atoms with E-state index in [2.05, 4.69) is 21.2 Å². The largest absolute Gasteiger partial charge is 0.454 e. The Hall–Kier alpha value is -2.54. The van der Waals surface area contributed by atoms with E-state index in [0.29, 0.717) is 22.9 Å². The molecule has 1 aliphatic rings. The Labute approximate surface area is 147 Å². The van der Waals surface area contributed by atoms with Crippen molar-refractivity contribution < 1.29 is 19.1 Å². The molecule has 2 amide bonds. The number of anilines is 2. The molecule has 1 aliphatic heterocycles. The average molecular weight is 391 g/mol. The summed E-state index contributed by atoms with van der Waals surface area (Å²) in [6.45, 7) is 1.47. The van der Waals surface area contributed by atoms with Gasteiger partial charge in [-0.2, -0.15) is 0 Å². The third-order valence-electron chi connectivity index (χ3n) is 3.46. The third kappa shape index (κ3) is 3.68. The monoisotopic (exact) mass is 390 g/mol. The van der Waals surface area contributed by atoms with Gasteiger partial charge in [0.25, 0.3) is 0 Å². The van der Waals surface area contributed by atoms with Gasteiger partial charge in [-0.1, -0.05) is 22.0 Å². The van der Waals surface area contributed by atoms with Gasteiger partial charge < -0.3 is 19.7 Å². The summed E-state index contributed by atoms with van der Waals surface area (Å²) >= 11 is 3.35. The number of carbonyl (C=O) groups is 2. The highest BCUT2D eigenvalue weighted by Crippen LogP contribution is 2.35. The second-order valence-electron chi connectivity index (χ2n) is 5.20. The van der Waals surface area contributed by atoms with Crippen LogP contribution < -0.4 is 19.7 Å². The van der Waals surface area contributed by atoms with Gasteiger partial charge >= 0.3 is 0 Å². The first-order chi connectivity index (χ1) is 11.5. The molecule has 0 spiro atoms. The highest BCUT2D eigenvalue weighted by Gasteiger charge is 2.20. The highest BCUT2D eigenvalue weighted by molar-refractivity contribution is 9.10. The third-order valence-corrected chi connectivity index (χ3v) is 3.95. The maximum absolute atomic E-state index is 12.3. The molecule has 0 atom stereocenters. The molecule has 24 heavy (non-hydrogen) atoms. The predicted octanol–water partition coefficient (Wildman–Crippen LogP) is 3.17. The SMILES string of the molecule is CC(=O)N(CC(=O)Nc1cccc(Br)c1)c1ccc2c(c1)OCO2. The smallest absolute Gasteiger partial charge is 0.244 e. The maximum atomic E-state index is 12.3. The van der Waals surface area contributed by atoms with Crippen molar-refractivity contribution >= 4 is 39.1 Å². The molecule has 3 rings (SSSR count). The van der Waals surface area contributed by atoms with Gasteiger partial charge in [-0.05, 0) is 30.3 Å². The van der Waals surface area contributed by atoms with Crippen LogP contribution in [0.1, 0.15) is 6.92 Å². The lowest BCUT2D eigenvalue weighted by atomic mass is 10.2. The van der Waals surface area contributed by atoms with Gasteiger partial charge in [0.05, 0.1) is 0 Å². The first kappa shape index (κ1) is 16.3. The first-order valence-corrected chi connectivity index (χ1v) is 8.05. The van der Waals surface area contributed by atoms with E-state index in [1.54, 1.807) is 30.3 Å². The van der Waals surface area contributed by atoms with Crippen molar-refractivity contribution in [2.24, 2.45) is 0 Å². The molecule has 124 valence electrons. The molecule has 0 aliphatic carbocycles. The van der Waals surface area contributed by atoms with Gasteiger partial charge in [-0.25, -0.2) is 0 Å². The highest BCUT2D eigenvalue weighted by atomic mass is 79.9. The fourth-order valence-electron chi connectivity index (χ4n) is 2.35. The zero-order valence-corrected chi connectivity index (χ0v) is 14.5. The number of amides is 2. The van der Waals surface area contributed by atoms with E-state index >= 15 is 0 Å². The number of hydrogen-bond acceptors (Lipinski definition) is 4. The lowest BCUT2D eigenvalue weighted by Crippen LogP contribution is -2.36. The zero-order valence-electron chi connectivity index (χ0n) is 12.9. The van der Waals surface area contributed by atoms with Crippen LogP contribution in [0.2, 0.25) is 0 Å². The van der Waals surface area contributed by atoms with Crippen LogP contribution in [-0.2, 0) is 9.59 Å². The zero-order chi connectivity index (χ0) is 17.1. The van der Waals surface area contributed by atoms with Crippen LogP contribution in [0.5, 0.6) is 11.5 Å². The lowest BCUT2D eigenvalue weighted by molar-refractivity contribution is -0.120. The van der Waals surface area contributed by atoms with Crippen LogP contribution in [-0.4, -0.2) is 25.2 Å². The lowest BCUT2D eigenvalue weighted by Gasteiger charge is -2.21. The molecule has 1 heterocycles. The second kappa shape index (κ2) is 6.92. The summed E-state index contributed by atoms with van der Waals surface area (Å²) in [4.78, 5) is 25.6. The van der Waals surface area contributed by atoms with Gasteiger partial charge in [0.2, 0.25) is 18.6 Å². The molecule has 7 heteroatoms. The number of fused-ring (bicyclic) bond motifs is 1. The number of rotatable bonds is 4. The molecule has 0 saturated heterocycles. The van der Waals surface area contributed by atoms with Gasteiger partial charge in [-0.3, -0.25) is 9.59 Å². The minimum Gasteiger partial charge on any atom is -0.454 e. The van der Waals surface area contributed by atoms with Crippen LogP contribution >= 0.6 is 15.9 Å². The van der Waals surface area contributed by atoms with E-state index in [1.165, 1.54) is 11.8 Å². The number of benzene rings is 2. The minimum atomic E-state index is -0.291. The van der Waals surface area contributed by atoms with Crippen molar-refractivity contribution in [3.05, 3.63) is 46.9 Å². The molecule has 2 aromatic carbocycles. The van der Waals surface area contributed by atoms with Crippen LogP contribution in [0.15, 0.2) is 46.9 Å². The molecule has 0 aromatic heterocycles. The Morgan fingerprint density at radius 2 is 1.96 bits per heavy atom. The maximum Gasteiger partial charge on any atom is 0.244 e. The summed E-state index contributed by atoms with van der Waals surface area (Å²) in [6.07, 6.45) is 0. The number of nitrogens with zero attached hydrogens (tertiary/aromatic N) is 1.